The first-order valence-electron chi connectivity index (χ1n) is 42.4. The number of hydrogen-bond donors (Lipinski definition) is 4. The zero-order chi connectivity index (χ0) is 105. The molecule has 0 bridgehead atoms. The molecule has 140 heavy (non-hydrogen) atoms. The summed E-state index contributed by atoms with van der Waals surface area (Å²) in [7, 11) is -15.9. The van der Waals surface area contributed by atoms with Gasteiger partial charge in [-0.3, -0.25) is 32.4 Å². The van der Waals surface area contributed by atoms with Crippen LogP contribution in [0.15, 0.2) is 191 Å². The van der Waals surface area contributed by atoms with Crippen molar-refractivity contribution < 1.29 is 114 Å². The summed E-state index contributed by atoms with van der Waals surface area (Å²) in [5.74, 6) is -6.62. The summed E-state index contributed by atoms with van der Waals surface area (Å²) in [6.07, 6.45) is 8.66. The van der Waals surface area contributed by atoms with E-state index in [1.54, 1.807) is 96.1 Å². The minimum atomic E-state index is -4.04. The van der Waals surface area contributed by atoms with Crippen molar-refractivity contribution in [2.45, 2.75) is 177 Å². The largest absolute Gasteiger partial charge is 0.461 e. The maximum atomic E-state index is 16.1. The molecule has 0 saturated heterocycles. The fraction of sp³-hybridized carbons (Fsp3) is 0.303. The Morgan fingerprint density at radius 2 is 0.686 bits per heavy atom. The van der Waals surface area contributed by atoms with Crippen LogP contribution in [-0.2, 0) is 125 Å². The zero-order valence-corrected chi connectivity index (χ0v) is 86.7. The van der Waals surface area contributed by atoms with Crippen LogP contribution in [0.2, 0.25) is 30.1 Å². The Bertz CT molecular complexity index is 7270. The maximum absolute atomic E-state index is 16.1. The Labute approximate surface area is 836 Å². The molecule has 0 amide bonds. The number of ether oxygens (including phenoxy) is 3. The van der Waals surface area contributed by atoms with Gasteiger partial charge < -0.3 is 39.2 Å². The molecule has 3 aromatic heterocycles. The molecule has 4 N–H and O–H groups in total. The number of benzene rings is 9. The first-order chi connectivity index (χ1) is 64.5. The second-order valence-corrected chi connectivity index (χ2v) is 46.5. The van der Waals surface area contributed by atoms with Crippen molar-refractivity contribution in [3.8, 4) is 50.4 Å². The van der Waals surface area contributed by atoms with Crippen LogP contribution in [0.4, 0.5) is 26.3 Å². The van der Waals surface area contributed by atoms with Gasteiger partial charge in [0.15, 0.2) is 42.1 Å². The Morgan fingerprint density at radius 3 is 0.943 bits per heavy atom. The second kappa shape index (κ2) is 43.1. The highest BCUT2D eigenvalue weighted by Gasteiger charge is 2.41. The first kappa shape index (κ1) is 112. The number of aromatic nitrogens is 6. The van der Waals surface area contributed by atoms with Crippen molar-refractivity contribution >= 4 is 130 Å². The predicted octanol–water partition coefficient (Wildman–Crippen LogP) is 22.2. The molecule has 0 fully saturated rings. The van der Waals surface area contributed by atoms with Gasteiger partial charge in [0.1, 0.15) is 88.2 Å². The molecule has 746 valence electrons. The Kier molecular flexibility index (Phi) is 34.4. The van der Waals surface area contributed by atoms with E-state index >= 15 is 26.3 Å². The van der Waals surface area contributed by atoms with Crippen molar-refractivity contribution in [3.63, 3.8) is 0 Å². The van der Waals surface area contributed by atoms with Gasteiger partial charge in [-0.1, -0.05) is 106 Å². The number of carbonyl (C=O) groups is 4. The number of carbonyl (C=O) groups excluding carboxylic acids is 4. The Hall–Kier alpha value is -10.2. The molecule has 0 spiro atoms. The average molecular weight is 2130 g/mol. The molecule has 25 nitrogen and oxygen atoms in total. The van der Waals surface area contributed by atoms with Crippen LogP contribution in [0.25, 0.3) is 50.4 Å². The van der Waals surface area contributed by atoms with Crippen LogP contribution in [0.3, 0.4) is 0 Å². The lowest BCUT2D eigenvalue weighted by molar-refractivity contribution is -0.146. The van der Waals surface area contributed by atoms with E-state index in [0.29, 0.717) is 64.3 Å². The van der Waals surface area contributed by atoms with Crippen molar-refractivity contribution in [2.24, 2.45) is 0 Å². The summed E-state index contributed by atoms with van der Waals surface area (Å²) in [6, 6.07) is 33.9. The number of esters is 2. The number of nitrogens with zero attached hydrogens (tertiary/aromatic N) is 6. The molecular weight excluding hydrogens is 2030 g/mol. The number of allylic oxidation sites excluding steroid dienone is 1. The number of Topliss-reactive ketones (excluding diaryl/α,β-unsaturated/α-hetero) is 1. The minimum Gasteiger partial charge on any atom is -0.461 e. The quantitative estimate of drug-likeness (QED) is 0.00759. The zero-order valence-electron chi connectivity index (χ0n) is 78.8. The van der Waals surface area contributed by atoms with Gasteiger partial charge in [0, 0.05) is 120 Å². The van der Waals surface area contributed by atoms with Gasteiger partial charge in [0.2, 0.25) is 0 Å². The number of hydrogen-bond acceptors (Lipinski definition) is 21. The number of ketones is 2. The third-order valence-electron chi connectivity index (χ3n) is 22.2. The van der Waals surface area contributed by atoms with Gasteiger partial charge in [-0.25, -0.2) is 71.3 Å². The highest BCUT2D eigenvalue weighted by Crippen LogP contribution is 2.48. The van der Waals surface area contributed by atoms with E-state index in [1.165, 1.54) is 101 Å². The van der Waals surface area contributed by atoms with Crippen molar-refractivity contribution in [3.05, 3.63) is 309 Å². The molecule has 0 aliphatic heterocycles. The lowest BCUT2D eigenvalue weighted by Crippen LogP contribution is -2.25. The molecule has 3 heterocycles. The van der Waals surface area contributed by atoms with Crippen molar-refractivity contribution in [1.29, 1.82) is 0 Å². The van der Waals surface area contributed by atoms with Gasteiger partial charge in [-0.15, -0.1) is 0 Å². The highest BCUT2D eigenvalue weighted by atomic mass is 35.5. The molecule has 12 rings (SSSR count). The van der Waals surface area contributed by atoms with Gasteiger partial charge >= 0.3 is 19.5 Å². The highest BCUT2D eigenvalue weighted by molar-refractivity contribution is 7.91. The smallest absolute Gasteiger partial charge is 0.331 e. The molecule has 0 saturated carbocycles. The fourth-order valence-electron chi connectivity index (χ4n) is 15.1. The number of imidazole rings is 3. The number of halogens is 12. The Morgan fingerprint density at radius 1 is 0.407 bits per heavy atom. The molecule has 1 unspecified atom stereocenters. The van der Waals surface area contributed by atoms with Crippen LogP contribution in [0.1, 0.15) is 178 Å². The SMILES string of the molecule is CC(=O)/C=C/C(=O)OCc1c(F)cc(-c2ccc(-n3cc(C(C)(C)O)nc3C(C)(C)c3c(Cl)cccc3Cl)c(F)c2)cc1S(C)(=O)=O.CC(=O)CCC(=O)OCc1c(F)cc(-c2ccc(-n3cc(C(C)(C)O)nc3C(C)(C)c3c(Cl)cccc3Cl)c(F)c2)cc1S(C)(=O)=O.CC(C)(O)c1cn(-c2ccc(-c3cc(F)c(COCOP(C)(=O)O)c(S(C)(=O)=O)c3)cc2F)c(C(C)(C)c2c(Cl)cccc2Cl)n1. The van der Waals surface area contributed by atoms with E-state index < -0.39 is 170 Å². The van der Waals surface area contributed by atoms with Crippen LogP contribution in [-0.4, -0.2) is 130 Å². The minimum absolute atomic E-state index is 0.0361. The van der Waals surface area contributed by atoms with Crippen molar-refractivity contribution in [2.75, 3.05) is 32.2 Å². The third-order valence-corrected chi connectivity index (χ3v) is 28.2. The van der Waals surface area contributed by atoms with E-state index in [2.05, 4.69) is 19.5 Å². The maximum Gasteiger partial charge on any atom is 0.331 e. The average Bonchev–Trinajstić information content (AvgIpc) is 1.59. The molecule has 0 aliphatic rings. The number of rotatable bonds is 32. The van der Waals surface area contributed by atoms with Crippen LogP contribution in [0.5, 0.6) is 0 Å². The topological polar surface area (TPSA) is 359 Å². The predicted molar refractivity (Wildman–Crippen MR) is 523 cm³/mol. The summed E-state index contributed by atoms with van der Waals surface area (Å²) in [5, 5.41) is 34.6. The molecule has 12 aromatic rings. The fourth-order valence-corrected chi connectivity index (χ4v) is 20.8. The third kappa shape index (κ3) is 26.4. The van der Waals surface area contributed by atoms with Gasteiger partial charge in [0.05, 0.1) is 78.1 Å². The van der Waals surface area contributed by atoms with Crippen LogP contribution < -0.4 is 0 Å². The van der Waals surface area contributed by atoms with Gasteiger partial charge in [-0.2, -0.15) is 0 Å². The van der Waals surface area contributed by atoms with E-state index in [0.717, 1.165) is 74.0 Å². The lowest BCUT2D eigenvalue weighted by atomic mass is 9.83. The monoisotopic (exact) mass is 2130 g/mol. The van der Waals surface area contributed by atoms with Gasteiger partial charge in [-0.05, 0) is 246 Å². The van der Waals surface area contributed by atoms with E-state index in [4.69, 9.17) is 83.8 Å². The summed E-state index contributed by atoms with van der Waals surface area (Å²) in [6.45, 7) is 21.0. The van der Waals surface area contributed by atoms with E-state index in [9.17, 15) is 69.2 Å². The summed E-state index contributed by atoms with van der Waals surface area (Å²) < 4.78 is 205. The molecule has 0 radical (unpaired) electrons. The van der Waals surface area contributed by atoms with E-state index in [1.807, 2.05) is 41.5 Å². The Balaban J connectivity index is 0.000000216. The standard InChI is InChI=1S/C34H34Cl2F2N2O6S.C34H32Cl2F2N2O6S.C31H33Cl2F2N2O7PS/c2*1-19(41)10-13-30(42)46-18-22-25(37)15-21(16-28(22)47(6,44)45)20-11-12-27(26(38)14-20)40-17-29(34(4,5)43)39-32(40)33(2,3)31-23(35)8-7-9-24(31)36;1-30(2,28-21(32)8-7-9-22(28)33)29-36-27(31(3,4)38)15-37(29)25-11-10-18(12-24(25)35)19-13-23(34)20(26(14-19)46(6,41)42)16-43-17-44-45(5,39)40/h7-9,11-12,14-17,43H,10,13,18H2,1-6H3;7-17,43H,18H2,1-6H3;7-15,38H,16-17H2,1-6H3,(H,39,40)/b;13-10+;. The summed E-state index contributed by atoms with van der Waals surface area (Å²) >= 11 is 39.3. The second-order valence-electron chi connectivity index (χ2n) is 36.2. The molecule has 0 aliphatic carbocycles. The van der Waals surface area contributed by atoms with Gasteiger partial charge in [0.25, 0.3) is 0 Å². The van der Waals surface area contributed by atoms with E-state index in [-0.39, 0.29) is 97.3 Å². The van der Waals surface area contributed by atoms with Crippen molar-refractivity contribution in [1.82, 2.24) is 28.7 Å². The van der Waals surface area contributed by atoms with Crippen LogP contribution in [0, 0.1) is 34.9 Å². The first-order valence-corrected chi connectivity index (χ1v) is 52.3. The van der Waals surface area contributed by atoms with Crippen LogP contribution >= 0.6 is 77.2 Å². The summed E-state index contributed by atoms with van der Waals surface area (Å²) in [4.78, 5) is 68.1. The number of aliphatic hydroxyl groups is 3. The molecule has 41 heteroatoms. The normalized spacial score (nSPS) is 12.9. The molecular formula is C99H99Cl6F6N6O19PS3. The molecule has 9 aromatic carbocycles. The number of sulfone groups is 3. The lowest BCUT2D eigenvalue weighted by Gasteiger charge is -2.28. The summed E-state index contributed by atoms with van der Waals surface area (Å²) in [5.41, 5.74) is -5.03. The molecule has 1 atom stereocenters.